The minimum Gasteiger partial charge on any atom is -0.507 e. The second-order valence-corrected chi connectivity index (χ2v) is 7.81. The Morgan fingerprint density at radius 1 is 1.03 bits per heavy atom. The fourth-order valence-electron chi connectivity index (χ4n) is 4.06. The van der Waals surface area contributed by atoms with Gasteiger partial charge in [-0.3, -0.25) is 19.7 Å². The van der Waals surface area contributed by atoms with Crippen molar-refractivity contribution in [2.75, 3.05) is 13.7 Å². The molecule has 1 amide bonds. The molecule has 8 nitrogen and oxygen atoms in total. The fraction of sp³-hybridized carbons (Fsp3) is 0.154. The number of carbonyl (C=O) groups excluding carboxylic acids is 2. The van der Waals surface area contributed by atoms with E-state index in [0.29, 0.717) is 23.3 Å². The van der Waals surface area contributed by atoms with Crippen molar-refractivity contribution in [3.8, 4) is 5.75 Å². The molecule has 34 heavy (non-hydrogen) atoms. The van der Waals surface area contributed by atoms with E-state index in [1.54, 1.807) is 30.3 Å². The lowest BCUT2D eigenvalue weighted by Gasteiger charge is -2.25. The Kier molecular flexibility index (Phi) is 6.40. The quantitative estimate of drug-likeness (QED) is 0.186. The summed E-state index contributed by atoms with van der Waals surface area (Å²) in [5, 5.41) is 22.5. The number of aliphatic hydroxyl groups is 1. The van der Waals surface area contributed by atoms with Gasteiger partial charge in [0.1, 0.15) is 11.5 Å². The first-order chi connectivity index (χ1) is 16.4. The Labute approximate surface area is 195 Å². The number of rotatable bonds is 7. The summed E-state index contributed by atoms with van der Waals surface area (Å²) in [5.41, 5.74) is 1.39. The largest absolute Gasteiger partial charge is 0.507 e. The predicted octanol–water partition coefficient (Wildman–Crippen LogP) is 4.27. The lowest BCUT2D eigenvalue weighted by Crippen LogP contribution is -2.31. The second kappa shape index (κ2) is 9.58. The van der Waals surface area contributed by atoms with E-state index in [4.69, 9.17) is 4.74 Å². The van der Waals surface area contributed by atoms with E-state index in [-0.39, 0.29) is 23.6 Å². The number of nitro groups is 1. The number of methoxy groups -OCH3 is 1. The van der Waals surface area contributed by atoms with Crippen molar-refractivity contribution >= 4 is 23.1 Å². The molecule has 1 aliphatic heterocycles. The summed E-state index contributed by atoms with van der Waals surface area (Å²) < 4.78 is 5.14. The molecule has 1 unspecified atom stereocenters. The number of ether oxygens (including phenoxy) is 1. The standard InChI is InChI=1S/C26H22N2O6/c1-34-21-12-10-18(11-13-21)24(29)22-23(19-8-5-9-20(16-19)28(32)33)27(26(31)25(22)30)15-14-17-6-3-2-4-7-17/h2-13,16,23,29H,14-15H2,1H3/b24-22+. The molecule has 0 aliphatic carbocycles. The topological polar surface area (TPSA) is 110 Å². The molecule has 3 aromatic rings. The van der Waals surface area contributed by atoms with Gasteiger partial charge in [0, 0.05) is 24.2 Å². The molecule has 1 atom stereocenters. The zero-order chi connectivity index (χ0) is 24.2. The van der Waals surface area contributed by atoms with Crippen LogP contribution in [0.5, 0.6) is 5.75 Å². The number of nitrogens with zero attached hydrogens (tertiary/aromatic N) is 2. The first kappa shape index (κ1) is 22.7. The van der Waals surface area contributed by atoms with Gasteiger partial charge in [-0.25, -0.2) is 0 Å². The number of carbonyl (C=O) groups is 2. The van der Waals surface area contributed by atoms with Gasteiger partial charge in [0.2, 0.25) is 0 Å². The van der Waals surface area contributed by atoms with Crippen LogP contribution in [0.1, 0.15) is 22.7 Å². The van der Waals surface area contributed by atoms with Crippen LogP contribution < -0.4 is 4.74 Å². The van der Waals surface area contributed by atoms with E-state index in [9.17, 15) is 24.8 Å². The number of likely N-dealkylation sites (tertiary alicyclic amines) is 1. The molecule has 8 heteroatoms. The van der Waals surface area contributed by atoms with E-state index in [0.717, 1.165) is 5.56 Å². The van der Waals surface area contributed by atoms with Crippen molar-refractivity contribution in [3.05, 3.63) is 111 Å². The van der Waals surface area contributed by atoms with Gasteiger partial charge < -0.3 is 14.7 Å². The Morgan fingerprint density at radius 2 is 1.74 bits per heavy atom. The zero-order valence-electron chi connectivity index (χ0n) is 18.4. The normalized spacial score (nSPS) is 17.1. The highest BCUT2D eigenvalue weighted by atomic mass is 16.6. The molecule has 0 radical (unpaired) electrons. The van der Waals surface area contributed by atoms with Crippen molar-refractivity contribution in [2.45, 2.75) is 12.5 Å². The number of non-ortho nitro benzene ring substituents is 1. The van der Waals surface area contributed by atoms with Gasteiger partial charge in [0.25, 0.3) is 17.4 Å². The fourth-order valence-corrected chi connectivity index (χ4v) is 4.06. The summed E-state index contributed by atoms with van der Waals surface area (Å²) >= 11 is 0. The number of hydrogen-bond acceptors (Lipinski definition) is 6. The summed E-state index contributed by atoms with van der Waals surface area (Å²) in [6.45, 7) is 0.196. The lowest BCUT2D eigenvalue weighted by atomic mass is 9.95. The van der Waals surface area contributed by atoms with Crippen LogP contribution in [0, 0.1) is 10.1 Å². The summed E-state index contributed by atoms with van der Waals surface area (Å²) in [5.74, 6) is -1.38. The Hall–Kier alpha value is -4.46. The SMILES string of the molecule is COc1ccc(/C(O)=C2\C(=O)C(=O)N(CCc3ccccc3)C2c2cccc([N+](=O)[O-])c2)cc1. The smallest absolute Gasteiger partial charge is 0.295 e. The molecule has 1 fully saturated rings. The van der Waals surface area contributed by atoms with E-state index in [1.165, 1.54) is 30.2 Å². The monoisotopic (exact) mass is 458 g/mol. The van der Waals surface area contributed by atoms with Crippen LogP contribution in [-0.4, -0.2) is 40.3 Å². The lowest BCUT2D eigenvalue weighted by molar-refractivity contribution is -0.384. The number of amides is 1. The van der Waals surface area contributed by atoms with Crippen LogP contribution in [0.25, 0.3) is 5.76 Å². The minimum absolute atomic E-state index is 0.108. The van der Waals surface area contributed by atoms with Crippen molar-refractivity contribution < 1.29 is 24.4 Å². The van der Waals surface area contributed by atoms with Crippen LogP contribution >= 0.6 is 0 Å². The Morgan fingerprint density at radius 3 is 2.38 bits per heavy atom. The Balaban J connectivity index is 1.81. The van der Waals surface area contributed by atoms with Gasteiger partial charge >= 0.3 is 0 Å². The highest BCUT2D eigenvalue weighted by Crippen LogP contribution is 2.40. The van der Waals surface area contributed by atoms with E-state index < -0.39 is 22.7 Å². The van der Waals surface area contributed by atoms with Crippen LogP contribution in [0.3, 0.4) is 0 Å². The van der Waals surface area contributed by atoms with Crippen molar-refractivity contribution in [2.24, 2.45) is 0 Å². The molecule has 1 aliphatic rings. The van der Waals surface area contributed by atoms with Gasteiger partial charge in [-0.1, -0.05) is 42.5 Å². The number of Topliss-reactive ketones (excluding diaryl/α,β-unsaturated/α-hetero) is 1. The average Bonchev–Trinajstić information content (AvgIpc) is 3.12. The van der Waals surface area contributed by atoms with E-state index >= 15 is 0 Å². The summed E-state index contributed by atoms with van der Waals surface area (Å²) in [7, 11) is 1.51. The average molecular weight is 458 g/mol. The highest BCUT2D eigenvalue weighted by Gasteiger charge is 2.46. The third-order valence-electron chi connectivity index (χ3n) is 5.78. The number of hydrogen-bond donors (Lipinski definition) is 1. The van der Waals surface area contributed by atoms with Crippen LogP contribution in [0.15, 0.2) is 84.4 Å². The third-order valence-corrected chi connectivity index (χ3v) is 5.78. The van der Waals surface area contributed by atoms with E-state index in [2.05, 4.69) is 0 Å². The van der Waals surface area contributed by atoms with Crippen molar-refractivity contribution in [1.29, 1.82) is 0 Å². The molecule has 0 bridgehead atoms. The summed E-state index contributed by atoms with van der Waals surface area (Å²) in [6.07, 6.45) is 0.474. The van der Waals surface area contributed by atoms with Gasteiger partial charge in [-0.2, -0.15) is 0 Å². The van der Waals surface area contributed by atoms with Crippen LogP contribution in [0.4, 0.5) is 5.69 Å². The molecule has 3 aromatic carbocycles. The number of benzene rings is 3. The predicted molar refractivity (Wildman–Crippen MR) is 125 cm³/mol. The molecule has 172 valence electrons. The summed E-state index contributed by atoms with van der Waals surface area (Å²) in [4.78, 5) is 38.3. The first-order valence-corrected chi connectivity index (χ1v) is 10.6. The molecule has 4 rings (SSSR count). The minimum atomic E-state index is -0.967. The number of ketones is 1. The maximum atomic E-state index is 13.1. The maximum Gasteiger partial charge on any atom is 0.295 e. The second-order valence-electron chi connectivity index (χ2n) is 7.81. The summed E-state index contributed by atoms with van der Waals surface area (Å²) in [6, 6.07) is 20.7. The van der Waals surface area contributed by atoms with Gasteiger partial charge in [-0.15, -0.1) is 0 Å². The Bertz CT molecular complexity index is 1270. The molecular formula is C26H22N2O6. The molecule has 1 N–H and O–H groups in total. The molecule has 1 heterocycles. The van der Waals surface area contributed by atoms with Gasteiger partial charge in [0.05, 0.1) is 23.6 Å². The molecule has 1 saturated heterocycles. The van der Waals surface area contributed by atoms with Gasteiger partial charge in [0.15, 0.2) is 0 Å². The maximum absolute atomic E-state index is 13.1. The zero-order valence-corrected chi connectivity index (χ0v) is 18.4. The number of nitro benzene ring substituents is 1. The van der Waals surface area contributed by atoms with Crippen molar-refractivity contribution in [3.63, 3.8) is 0 Å². The molecular weight excluding hydrogens is 436 g/mol. The molecule has 0 aromatic heterocycles. The molecule has 0 spiro atoms. The third kappa shape index (κ3) is 4.38. The van der Waals surface area contributed by atoms with Crippen molar-refractivity contribution in [1.82, 2.24) is 4.90 Å². The molecule has 0 saturated carbocycles. The van der Waals surface area contributed by atoms with Crippen LogP contribution in [0.2, 0.25) is 0 Å². The van der Waals surface area contributed by atoms with Gasteiger partial charge in [-0.05, 0) is 41.8 Å². The number of aliphatic hydroxyl groups excluding tert-OH is 1. The highest BCUT2D eigenvalue weighted by molar-refractivity contribution is 6.46. The van der Waals surface area contributed by atoms with Crippen LogP contribution in [-0.2, 0) is 16.0 Å². The first-order valence-electron chi connectivity index (χ1n) is 10.6. The van der Waals surface area contributed by atoms with E-state index in [1.807, 2.05) is 30.3 Å².